The van der Waals surface area contributed by atoms with Crippen LogP contribution in [0.2, 0.25) is 0 Å². The number of hydrogen-bond acceptors (Lipinski definition) is 5. The summed E-state index contributed by atoms with van der Waals surface area (Å²) in [4.78, 5) is 40.5. The first-order valence-corrected chi connectivity index (χ1v) is 12.7. The maximum absolute atomic E-state index is 12.8. The van der Waals surface area contributed by atoms with E-state index in [2.05, 4.69) is 5.32 Å². The van der Waals surface area contributed by atoms with Gasteiger partial charge in [0.25, 0.3) is 0 Å². The van der Waals surface area contributed by atoms with Crippen LogP contribution in [0.3, 0.4) is 0 Å². The van der Waals surface area contributed by atoms with Crippen molar-refractivity contribution in [2.24, 2.45) is 11.1 Å². The third kappa shape index (κ3) is 5.29. The standard InChI is InChI=1S/C22H32N4O5S/c1-3-6-19(32(23,30)31)22(29)26-10-9-18-15(7-5-8-16(18)13-26)12-24-21(28)17-11-20(27)25(4-2)14-17/h5,7-8,17,19H,3-4,6,9-14H2,1-2H3,(H,24,28)(H2,23,30,31). The average molecular weight is 465 g/mol. The summed E-state index contributed by atoms with van der Waals surface area (Å²) < 4.78 is 23.8. The van der Waals surface area contributed by atoms with Crippen LogP contribution in [0.15, 0.2) is 18.2 Å². The van der Waals surface area contributed by atoms with Crippen LogP contribution in [0.5, 0.6) is 0 Å². The number of nitrogens with one attached hydrogen (secondary N) is 1. The zero-order chi connectivity index (χ0) is 23.5. The Balaban J connectivity index is 1.66. The topological polar surface area (TPSA) is 130 Å². The minimum atomic E-state index is -3.96. The number of benzene rings is 1. The van der Waals surface area contributed by atoms with Crippen molar-refractivity contribution < 1.29 is 22.8 Å². The number of nitrogens with two attached hydrogens (primary N) is 1. The van der Waals surface area contributed by atoms with Crippen molar-refractivity contribution in [1.29, 1.82) is 0 Å². The van der Waals surface area contributed by atoms with E-state index in [1.807, 2.05) is 32.0 Å². The number of likely N-dealkylation sites (tertiary alicyclic amines) is 1. The number of amides is 3. The maximum Gasteiger partial charge on any atom is 0.242 e. The van der Waals surface area contributed by atoms with E-state index in [9.17, 15) is 22.8 Å². The summed E-state index contributed by atoms with van der Waals surface area (Å²) in [5.41, 5.74) is 2.97. The van der Waals surface area contributed by atoms with Crippen LogP contribution in [0, 0.1) is 5.92 Å². The summed E-state index contributed by atoms with van der Waals surface area (Å²) in [5.74, 6) is -0.903. The summed E-state index contributed by atoms with van der Waals surface area (Å²) in [6.45, 7) is 5.84. The molecule has 1 aromatic rings. The minimum absolute atomic E-state index is 0.00960. The Labute approximate surface area is 189 Å². The van der Waals surface area contributed by atoms with Crippen molar-refractivity contribution in [3.63, 3.8) is 0 Å². The quantitative estimate of drug-likeness (QED) is 0.579. The van der Waals surface area contributed by atoms with Gasteiger partial charge in [-0.25, -0.2) is 13.6 Å². The van der Waals surface area contributed by atoms with Crippen LogP contribution in [0.25, 0.3) is 0 Å². The molecular weight excluding hydrogens is 432 g/mol. The Bertz CT molecular complexity index is 994. The molecule has 0 saturated carbocycles. The molecule has 0 radical (unpaired) electrons. The summed E-state index contributed by atoms with van der Waals surface area (Å²) in [6.07, 6.45) is 1.56. The number of nitrogens with zero attached hydrogens (tertiary/aromatic N) is 2. The number of sulfonamides is 1. The highest BCUT2D eigenvalue weighted by molar-refractivity contribution is 7.90. The van der Waals surface area contributed by atoms with E-state index in [1.54, 1.807) is 9.80 Å². The lowest BCUT2D eigenvalue weighted by molar-refractivity contribution is -0.132. The summed E-state index contributed by atoms with van der Waals surface area (Å²) in [5, 5.41) is 7.03. The largest absolute Gasteiger partial charge is 0.352 e. The zero-order valence-corrected chi connectivity index (χ0v) is 19.5. The molecule has 0 bridgehead atoms. The van der Waals surface area contributed by atoms with Crippen molar-refractivity contribution in [3.05, 3.63) is 34.9 Å². The van der Waals surface area contributed by atoms with E-state index >= 15 is 0 Å². The predicted molar refractivity (Wildman–Crippen MR) is 120 cm³/mol. The van der Waals surface area contributed by atoms with E-state index in [-0.39, 0.29) is 30.6 Å². The van der Waals surface area contributed by atoms with E-state index in [4.69, 9.17) is 5.14 Å². The molecule has 3 N–H and O–H groups in total. The Morgan fingerprint density at radius 1 is 1.28 bits per heavy atom. The van der Waals surface area contributed by atoms with Gasteiger partial charge in [0.15, 0.2) is 5.25 Å². The second-order valence-electron chi connectivity index (χ2n) is 8.48. The molecule has 2 aliphatic heterocycles. The number of fused-ring (bicyclic) bond motifs is 1. The van der Waals surface area contributed by atoms with Gasteiger partial charge >= 0.3 is 0 Å². The van der Waals surface area contributed by atoms with Crippen molar-refractivity contribution >= 4 is 27.7 Å². The third-order valence-electron chi connectivity index (χ3n) is 6.32. The minimum Gasteiger partial charge on any atom is -0.352 e. The lowest BCUT2D eigenvalue weighted by Crippen LogP contribution is -2.47. The lowest BCUT2D eigenvalue weighted by atomic mass is 9.94. The first-order valence-electron chi connectivity index (χ1n) is 11.1. The summed E-state index contributed by atoms with van der Waals surface area (Å²) in [7, 11) is -3.96. The Kier molecular flexibility index (Phi) is 7.55. The van der Waals surface area contributed by atoms with Crippen LogP contribution in [0.4, 0.5) is 0 Å². The number of carbonyl (C=O) groups is 3. The fraction of sp³-hybridized carbons (Fsp3) is 0.591. The molecule has 3 rings (SSSR count). The van der Waals surface area contributed by atoms with Gasteiger partial charge in [-0.3, -0.25) is 14.4 Å². The molecular formula is C22H32N4O5S. The fourth-order valence-corrected chi connectivity index (χ4v) is 5.51. The first-order chi connectivity index (χ1) is 15.2. The molecule has 176 valence electrons. The highest BCUT2D eigenvalue weighted by Gasteiger charge is 2.35. The molecule has 2 aliphatic rings. The van der Waals surface area contributed by atoms with E-state index in [0.717, 1.165) is 16.7 Å². The van der Waals surface area contributed by atoms with Gasteiger partial charge in [0.1, 0.15) is 0 Å². The zero-order valence-electron chi connectivity index (χ0n) is 18.7. The molecule has 3 amide bonds. The van der Waals surface area contributed by atoms with Crippen molar-refractivity contribution in [3.8, 4) is 0 Å². The van der Waals surface area contributed by atoms with Gasteiger partial charge < -0.3 is 15.1 Å². The molecule has 1 aromatic carbocycles. The Morgan fingerprint density at radius 3 is 2.66 bits per heavy atom. The molecule has 2 unspecified atom stereocenters. The Morgan fingerprint density at radius 2 is 2.03 bits per heavy atom. The molecule has 1 fully saturated rings. The van der Waals surface area contributed by atoms with Gasteiger partial charge in [-0.05, 0) is 36.5 Å². The monoisotopic (exact) mass is 464 g/mol. The van der Waals surface area contributed by atoms with Crippen LogP contribution in [0.1, 0.15) is 49.8 Å². The van der Waals surface area contributed by atoms with Gasteiger partial charge in [0.2, 0.25) is 27.7 Å². The van der Waals surface area contributed by atoms with Crippen molar-refractivity contribution in [1.82, 2.24) is 15.1 Å². The number of primary sulfonamides is 1. The Hall–Kier alpha value is -2.46. The first kappa shape index (κ1) is 24.2. The molecule has 0 aliphatic carbocycles. The van der Waals surface area contributed by atoms with Gasteiger partial charge in [-0.1, -0.05) is 31.5 Å². The van der Waals surface area contributed by atoms with Gasteiger partial charge in [-0.15, -0.1) is 0 Å². The van der Waals surface area contributed by atoms with Crippen molar-refractivity contribution in [2.75, 3.05) is 19.6 Å². The second-order valence-corrected chi connectivity index (χ2v) is 10.2. The fourth-order valence-electron chi connectivity index (χ4n) is 4.52. The average Bonchev–Trinajstić information content (AvgIpc) is 3.14. The van der Waals surface area contributed by atoms with E-state index < -0.39 is 21.2 Å². The highest BCUT2D eigenvalue weighted by Crippen LogP contribution is 2.25. The lowest BCUT2D eigenvalue weighted by Gasteiger charge is -2.32. The van der Waals surface area contributed by atoms with Gasteiger partial charge in [0, 0.05) is 39.1 Å². The van der Waals surface area contributed by atoms with Gasteiger partial charge in [-0.2, -0.15) is 0 Å². The number of hydrogen-bond donors (Lipinski definition) is 2. The smallest absolute Gasteiger partial charge is 0.242 e. The molecule has 0 spiro atoms. The highest BCUT2D eigenvalue weighted by atomic mass is 32.2. The third-order valence-corrected chi connectivity index (χ3v) is 7.55. The molecule has 10 heteroatoms. The summed E-state index contributed by atoms with van der Waals surface area (Å²) >= 11 is 0. The van der Waals surface area contributed by atoms with E-state index in [0.29, 0.717) is 45.6 Å². The molecule has 32 heavy (non-hydrogen) atoms. The number of carbonyl (C=O) groups excluding carboxylic acids is 3. The number of rotatable bonds is 8. The normalized spacial score (nSPS) is 19.6. The summed E-state index contributed by atoms with van der Waals surface area (Å²) in [6, 6.07) is 5.73. The SMILES string of the molecule is CCCC(C(=O)N1CCc2c(CNC(=O)C3CC(=O)N(CC)C3)cccc2C1)S(N)(=O)=O. The van der Waals surface area contributed by atoms with Crippen LogP contribution < -0.4 is 10.5 Å². The molecule has 0 aromatic heterocycles. The maximum atomic E-state index is 12.8. The van der Waals surface area contributed by atoms with Crippen LogP contribution >= 0.6 is 0 Å². The molecule has 1 saturated heterocycles. The second kappa shape index (κ2) is 9.99. The van der Waals surface area contributed by atoms with E-state index in [1.165, 1.54) is 0 Å². The van der Waals surface area contributed by atoms with Crippen LogP contribution in [-0.4, -0.2) is 60.8 Å². The molecule has 9 nitrogen and oxygen atoms in total. The molecule has 2 atom stereocenters. The molecule has 2 heterocycles. The van der Waals surface area contributed by atoms with Gasteiger partial charge in [0.05, 0.1) is 5.92 Å². The van der Waals surface area contributed by atoms with Crippen LogP contribution in [-0.2, 0) is 43.9 Å². The van der Waals surface area contributed by atoms with Crippen molar-refractivity contribution in [2.45, 2.75) is 57.9 Å². The predicted octanol–water partition coefficient (Wildman–Crippen LogP) is 0.513.